The van der Waals surface area contributed by atoms with Crippen LogP contribution in [0.5, 0.6) is 5.75 Å². The van der Waals surface area contributed by atoms with Crippen molar-refractivity contribution in [2.24, 2.45) is 0 Å². The van der Waals surface area contributed by atoms with Crippen molar-refractivity contribution in [2.45, 2.75) is 57.2 Å². The van der Waals surface area contributed by atoms with Crippen molar-refractivity contribution in [3.05, 3.63) is 64.7 Å². The molecule has 0 spiro atoms. The van der Waals surface area contributed by atoms with Crippen LogP contribution in [0.15, 0.2) is 42.5 Å². The zero-order chi connectivity index (χ0) is 19.0. The molecule has 1 atom stereocenters. The van der Waals surface area contributed by atoms with Gasteiger partial charge in [-0.05, 0) is 28.5 Å². The van der Waals surface area contributed by atoms with Crippen LogP contribution in [0, 0.1) is 0 Å². The first-order valence-corrected chi connectivity index (χ1v) is 9.45. The minimum Gasteiger partial charge on any atom is -0.507 e. The number of benzene rings is 2. The zero-order valence-electron chi connectivity index (χ0n) is 15.9. The molecular weight excluding hydrogens is 376 g/mol. The van der Waals surface area contributed by atoms with Gasteiger partial charge in [-0.15, -0.1) is 0 Å². The Hall–Kier alpha value is -1.61. The number of phenols is 1. The molecule has 0 aliphatic heterocycles. The summed E-state index contributed by atoms with van der Waals surface area (Å²) >= 11 is 3.54. The standard InChI is InChI=1S/C22H27BrO2/c1-21(2,3)16-12-15(13-17(20(16)25)22(4,5)6)19(24)18(23)14-10-8-7-9-11-14/h7-13,18,25H,1-6H3. The number of carbonyl (C=O) groups excluding carboxylic acids is 1. The van der Waals surface area contributed by atoms with Gasteiger partial charge in [0.15, 0.2) is 5.78 Å². The molecule has 0 amide bonds. The van der Waals surface area contributed by atoms with Gasteiger partial charge in [-0.1, -0.05) is 87.8 Å². The summed E-state index contributed by atoms with van der Waals surface area (Å²) in [5, 5.41) is 10.8. The fourth-order valence-corrected chi connectivity index (χ4v) is 3.41. The summed E-state index contributed by atoms with van der Waals surface area (Å²) in [6.07, 6.45) is 0. The molecule has 2 rings (SSSR count). The van der Waals surface area contributed by atoms with Crippen LogP contribution in [-0.2, 0) is 10.8 Å². The number of hydrogen-bond donors (Lipinski definition) is 1. The van der Waals surface area contributed by atoms with Crippen LogP contribution in [0.2, 0.25) is 0 Å². The number of ketones is 1. The number of phenolic OH excluding ortho intramolecular Hbond substituents is 1. The van der Waals surface area contributed by atoms with E-state index in [2.05, 4.69) is 15.9 Å². The molecule has 0 saturated carbocycles. The highest BCUT2D eigenvalue weighted by Gasteiger charge is 2.29. The Morgan fingerprint density at radius 3 is 1.76 bits per heavy atom. The number of hydrogen-bond acceptors (Lipinski definition) is 2. The molecule has 1 unspecified atom stereocenters. The lowest BCUT2D eigenvalue weighted by atomic mass is 9.78. The molecule has 2 aromatic carbocycles. The third kappa shape index (κ3) is 4.33. The minimum atomic E-state index is -0.404. The number of halogens is 1. The van der Waals surface area contributed by atoms with Crippen LogP contribution in [0.3, 0.4) is 0 Å². The monoisotopic (exact) mass is 402 g/mol. The van der Waals surface area contributed by atoms with E-state index >= 15 is 0 Å². The lowest BCUT2D eigenvalue weighted by Gasteiger charge is -2.28. The molecule has 134 valence electrons. The number of alkyl halides is 1. The van der Waals surface area contributed by atoms with Crippen molar-refractivity contribution in [2.75, 3.05) is 0 Å². The second-order valence-corrected chi connectivity index (χ2v) is 9.47. The maximum Gasteiger partial charge on any atom is 0.180 e. The third-order valence-electron chi connectivity index (χ3n) is 4.33. The summed E-state index contributed by atoms with van der Waals surface area (Å²) in [5.41, 5.74) is 2.64. The van der Waals surface area contributed by atoms with Gasteiger partial charge in [-0.2, -0.15) is 0 Å². The molecule has 0 aliphatic rings. The summed E-state index contributed by atoms with van der Waals surface area (Å²) < 4.78 is 0. The molecule has 0 radical (unpaired) electrons. The molecule has 25 heavy (non-hydrogen) atoms. The molecule has 0 bridgehead atoms. The van der Waals surface area contributed by atoms with Crippen LogP contribution in [0.25, 0.3) is 0 Å². The predicted molar refractivity (Wildman–Crippen MR) is 108 cm³/mol. The SMILES string of the molecule is CC(C)(C)c1cc(C(=O)C(Br)c2ccccc2)cc(C(C)(C)C)c1O. The first-order valence-electron chi connectivity index (χ1n) is 8.54. The van der Waals surface area contributed by atoms with Crippen molar-refractivity contribution in [1.29, 1.82) is 0 Å². The maximum absolute atomic E-state index is 13.1. The highest BCUT2D eigenvalue weighted by Crippen LogP contribution is 2.41. The molecule has 0 saturated heterocycles. The molecule has 0 heterocycles. The number of rotatable bonds is 3. The quantitative estimate of drug-likeness (QED) is 0.482. The van der Waals surface area contributed by atoms with E-state index < -0.39 is 4.83 Å². The lowest BCUT2D eigenvalue weighted by molar-refractivity contribution is 0.0991. The Kier molecular flexibility index (Phi) is 5.48. The van der Waals surface area contributed by atoms with E-state index in [-0.39, 0.29) is 16.6 Å². The first kappa shape index (κ1) is 19.7. The van der Waals surface area contributed by atoms with Gasteiger partial charge < -0.3 is 5.11 Å². The van der Waals surface area contributed by atoms with E-state index in [0.29, 0.717) is 11.3 Å². The number of aromatic hydroxyl groups is 1. The average molecular weight is 403 g/mol. The Labute approximate surface area is 159 Å². The van der Waals surface area contributed by atoms with E-state index in [1.54, 1.807) is 0 Å². The number of carbonyl (C=O) groups is 1. The summed E-state index contributed by atoms with van der Waals surface area (Å²) in [5.74, 6) is 0.296. The van der Waals surface area contributed by atoms with E-state index in [9.17, 15) is 9.90 Å². The average Bonchev–Trinajstić information content (AvgIpc) is 2.52. The highest BCUT2D eigenvalue weighted by atomic mass is 79.9. The van der Waals surface area contributed by atoms with Crippen LogP contribution in [-0.4, -0.2) is 10.9 Å². The lowest BCUT2D eigenvalue weighted by Crippen LogP contribution is -2.19. The number of Topliss-reactive ketones (excluding diaryl/α,β-unsaturated/α-hetero) is 1. The smallest absolute Gasteiger partial charge is 0.180 e. The van der Waals surface area contributed by atoms with Gasteiger partial charge in [0.05, 0.1) is 0 Å². The van der Waals surface area contributed by atoms with Gasteiger partial charge in [0, 0.05) is 16.7 Å². The molecule has 3 heteroatoms. The van der Waals surface area contributed by atoms with Crippen molar-refractivity contribution >= 4 is 21.7 Å². The Morgan fingerprint density at radius 2 is 1.36 bits per heavy atom. The molecule has 0 aromatic heterocycles. The topological polar surface area (TPSA) is 37.3 Å². The largest absolute Gasteiger partial charge is 0.507 e. The normalized spacial score (nSPS) is 13.6. The molecular formula is C22H27BrO2. The maximum atomic E-state index is 13.1. The van der Waals surface area contributed by atoms with Gasteiger partial charge >= 0.3 is 0 Å². The summed E-state index contributed by atoms with van der Waals surface area (Å²) in [4.78, 5) is 12.7. The third-order valence-corrected chi connectivity index (χ3v) is 5.28. The molecule has 0 aliphatic carbocycles. The van der Waals surface area contributed by atoms with Crippen molar-refractivity contribution in [3.63, 3.8) is 0 Å². The Balaban J connectivity index is 2.59. The summed E-state index contributed by atoms with van der Waals surface area (Å²) in [6, 6.07) is 13.3. The fraction of sp³-hybridized carbons (Fsp3) is 0.409. The second-order valence-electron chi connectivity index (χ2n) is 8.56. The van der Waals surface area contributed by atoms with Gasteiger partial charge in [0.2, 0.25) is 0 Å². The van der Waals surface area contributed by atoms with E-state index in [1.165, 1.54) is 0 Å². The van der Waals surface area contributed by atoms with Crippen LogP contribution in [0.4, 0.5) is 0 Å². The van der Waals surface area contributed by atoms with E-state index in [1.807, 2.05) is 84.0 Å². The zero-order valence-corrected chi connectivity index (χ0v) is 17.4. The van der Waals surface area contributed by atoms with Gasteiger partial charge in [0.25, 0.3) is 0 Å². The Morgan fingerprint density at radius 1 is 0.920 bits per heavy atom. The van der Waals surface area contributed by atoms with Crippen molar-refractivity contribution < 1.29 is 9.90 Å². The molecule has 1 N–H and O–H groups in total. The first-order chi connectivity index (χ1) is 11.4. The van der Waals surface area contributed by atoms with Crippen LogP contribution < -0.4 is 0 Å². The second kappa shape index (κ2) is 6.95. The molecule has 2 nitrogen and oxygen atoms in total. The van der Waals surface area contributed by atoms with E-state index in [4.69, 9.17) is 0 Å². The van der Waals surface area contributed by atoms with Crippen LogP contribution >= 0.6 is 15.9 Å². The predicted octanol–water partition coefficient (Wildman–Crippen LogP) is 6.31. The molecule has 2 aromatic rings. The molecule has 0 fully saturated rings. The Bertz CT molecular complexity index is 730. The fourth-order valence-electron chi connectivity index (χ4n) is 2.84. The summed E-state index contributed by atoms with van der Waals surface area (Å²) in [6.45, 7) is 12.3. The summed E-state index contributed by atoms with van der Waals surface area (Å²) in [7, 11) is 0. The van der Waals surface area contributed by atoms with Crippen molar-refractivity contribution in [1.82, 2.24) is 0 Å². The minimum absolute atomic E-state index is 0.00204. The van der Waals surface area contributed by atoms with Crippen LogP contribution in [0.1, 0.15) is 73.4 Å². The van der Waals surface area contributed by atoms with Crippen molar-refractivity contribution in [3.8, 4) is 5.75 Å². The van der Waals surface area contributed by atoms with Gasteiger partial charge in [-0.3, -0.25) is 4.79 Å². The van der Waals surface area contributed by atoms with E-state index in [0.717, 1.165) is 16.7 Å². The van der Waals surface area contributed by atoms with Gasteiger partial charge in [0.1, 0.15) is 10.6 Å². The highest BCUT2D eigenvalue weighted by molar-refractivity contribution is 9.09. The van der Waals surface area contributed by atoms with Gasteiger partial charge in [-0.25, -0.2) is 0 Å².